The largest absolute Gasteiger partial charge is 0.326 e. The van der Waals surface area contributed by atoms with Crippen LogP contribution in [0.25, 0.3) is 0 Å². The minimum atomic E-state index is -3.72. The Morgan fingerprint density at radius 2 is 2.21 bits per heavy atom. The number of nitrogens with one attached hydrogen (secondary N) is 1. The van der Waals surface area contributed by atoms with E-state index in [1.807, 2.05) is 0 Å². The average Bonchev–Trinajstić information content (AvgIpc) is 2.81. The van der Waals surface area contributed by atoms with E-state index < -0.39 is 25.9 Å². The summed E-state index contributed by atoms with van der Waals surface area (Å²) in [7, 11) is -6.84. The Kier molecular flexibility index (Phi) is 4.38. The molecule has 3 N–H and O–H groups in total. The third-order valence-corrected chi connectivity index (χ3v) is 8.31. The van der Waals surface area contributed by atoms with Gasteiger partial charge in [0.15, 0.2) is 9.84 Å². The number of nitrogens with two attached hydrogens (primary N) is 1. The molecule has 0 saturated carbocycles. The van der Waals surface area contributed by atoms with E-state index in [9.17, 15) is 16.8 Å². The number of hydrogen-bond donors (Lipinski definition) is 2. The lowest BCUT2D eigenvalue weighted by atomic mass is 10.3. The molecule has 1 aliphatic rings. The van der Waals surface area contributed by atoms with Gasteiger partial charge in [0.25, 0.3) is 0 Å². The summed E-state index contributed by atoms with van der Waals surface area (Å²) in [5, 5.41) is 0. The van der Waals surface area contributed by atoms with Crippen molar-refractivity contribution in [3.05, 3.63) is 14.7 Å². The van der Waals surface area contributed by atoms with E-state index in [2.05, 4.69) is 20.7 Å². The fourth-order valence-electron chi connectivity index (χ4n) is 1.85. The Morgan fingerprint density at radius 3 is 2.68 bits per heavy atom. The summed E-state index contributed by atoms with van der Waals surface area (Å²) in [5.41, 5.74) is 5.47. The molecule has 1 unspecified atom stereocenters. The smallest absolute Gasteiger partial charge is 0.242 e. The van der Waals surface area contributed by atoms with Crippen LogP contribution in [0.4, 0.5) is 0 Å². The Morgan fingerprint density at radius 1 is 1.53 bits per heavy atom. The summed E-state index contributed by atoms with van der Waals surface area (Å²) in [5.74, 6) is -0.114. The summed E-state index contributed by atoms with van der Waals surface area (Å²) in [6, 6.07) is 0.948. The van der Waals surface area contributed by atoms with E-state index in [1.54, 1.807) is 0 Å². The van der Waals surface area contributed by atoms with Crippen LogP contribution in [0, 0.1) is 0 Å². The van der Waals surface area contributed by atoms with Crippen molar-refractivity contribution in [1.29, 1.82) is 0 Å². The number of hydrogen-bond acceptors (Lipinski definition) is 6. The molecular formula is C9H13BrN2O4S3. The molecule has 10 heteroatoms. The van der Waals surface area contributed by atoms with Gasteiger partial charge in [0.2, 0.25) is 10.0 Å². The molecule has 0 amide bonds. The molecule has 1 fully saturated rings. The Hall–Kier alpha value is -0.000000000000000194. The van der Waals surface area contributed by atoms with Gasteiger partial charge in [0.1, 0.15) is 4.90 Å². The van der Waals surface area contributed by atoms with Gasteiger partial charge in [-0.2, -0.15) is 0 Å². The van der Waals surface area contributed by atoms with Gasteiger partial charge in [-0.3, -0.25) is 0 Å². The maximum absolute atomic E-state index is 12.2. The number of sulfone groups is 1. The van der Waals surface area contributed by atoms with Crippen molar-refractivity contribution in [2.24, 2.45) is 5.73 Å². The van der Waals surface area contributed by atoms with Gasteiger partial charge >= 0.3 is 0 Å². The van der Waals surface area contributed by atoms with Crippen molar-refractivity contribution in [3.63, 3.8) is 0 Å². The highest BCUT2D eigenvalue weighted by atomic mass is 79.9. The van der Waals surface area contributed by atoms with Gasteiger partial charge in [-0.15, -0.1) is 11.3 Å². The molecule has 0 radical (unpaired) electrons. The average molecular weight is 389 g/mol. The predicted molar refractivity (Wildman–Crippen MR) is 77.3 cm³/mol. The summed E-state index contributed by atoms with van der Waals surface area (Å²) >= 11 is 4.44. The fourth-order valence-corrected chi connectivity index (χ4v) is 7.46. The third-order valence-electron chi connectivity index (χ3n) is 2.75. The molecule has 1 saturated heterocycles. The lowest BCUT2D eigenvalue weighted by Gasteiger charge is -2.10. The van der Waals surface area contributed by atoms with Crippen molar-refractivity contribution >= 4 is 47.1 Å². The highest BCUT2D eigenvalue weighted by Crippen LogP contribution is 2.31. The van der Waals surface area contributed by atoms with Crippen LogP contribution in [0.5, 0.6) is 0 Å². The second-order valence-electron chi connectivity index (χ2n) is 4.28. The number of thiophene rings is 1. The topological polar surface area (TPSA) is 106 Å². The summed E-state index contributed by atoms with van der Waals surface area (Å²) in [6.45, 7) is 0.261. The molecule has 2 rings (SSSR count). The highest BCUT2D eigenvalue weighted by Gasteiger charge is 2.32. The molecule has 0 bridgehead atoms. The van der Waals surface area contributed by atoms with E-state index in [0.29, 0.717) is 10.2 Å². The fraction of sp³-hybridized carbons (Fsp3) is 0.556. The maximum Gasteiger partial charge on any atom is 0.242 e. The molecule has 0 aromatic carbocycles. The number of sulfonamides is 1. The van der Waals surface area contributed by atoms with E-state index in [1.165, 1.54) is 17.4 Å². The van der Waals surface area contributed by atoms with Gasteiger partial charge in [-0.05, 0) is 28.4 Å². The van der Waals surface area contributed by atoms with Crippen LogP contribution in [0.2, 0.25) is 0 Å². The van der Waals surface area contributed by atoms with Crippen molar-refractivity contribution in [2.75, 3.05) is 11.5 Å². The summed E-state index contributed by atoms with van der Waals surface area (Å²) in [4.78, 5) is 0.855. The Labute approximate surface area is 124 Å². The third kappa shape index (κ3) is 3.56. The second-order valence-corrected chi connectivity index (χ2v) is 10.6. The van der Waals surface area contributed by atoms with E-state index in [-0.39, 0.29) is 22.9 Å². The van der Waals surface area contributed by atoms with Crippen LogP contribution < -0.4 is 10.5 Å². The van der Waals surface area contributed by atoms with Crippen molar-refractivity contribution in [3.8, 4) is 0 Å². The summed E-state index contributed by atoms with van der Waals surface area (Å²) < 4.78 is 49.9. The Bertz CT molecular complexity index is 680. The minimum absolute atomic E-state index is 0.0268. The SMILES string of the molecule is NCc1cc(S(=O)(=O)NC2CCS(=O)(=O)C2)c(Br)s1. The van der Waals surface area contributed by atoms with Gasteiger partial charge in [0.05, 0.1) is 15.3 Å². The van der Waals surface area contributed by atoms with Crippen molar-refractivity contribution in [2.45, 2.75) is 23.9 Å². The highest BCUT2D eigenvalue weighted by molar-refractivity contribution is 9.11. The van der Waals surface area contributed by atoms with Gasteiger partial charge in [-0.25, -0.2) is 21.6 Å². The molecule has 1 aliphatic heterocycles. The molecular weight excluding hydrogens is 376 g/mol. The normalized spacial score (nSPS) is 22.7. The molecule has 1 aromatic heterocycles. The van der Waals surface area contributed by atoms with E-state index in [0.717, 1.165) is 4.88 Å². The standard InChI is InChI=1S/C9H13BrN2O4S3/c10-9-8(3-7(4-11)17-9)19(15,16)12-6-1-2-18(13,14)5-6/h3,6,12H,1-2,4-5,11H2. The van der Waals surface area contributed by atoms with Gasteiger partial charge < -0.3 is 5.73 Å². The van der Waals surface area contributed by atoms with Crippen LogP contribution in [0.1, 0.15) is 11.3 Å². The van der Waals surface area contributed by atoms with E-state index >= 15 is 0 Å². The van der Waals surface area contributed by atoms with Gasteiger partial charge in [0, 0.05) is 17.5 Å². The Balaban J connectivity index is 2.21. The first kappa shape index (κ1) is 15.4. The quantitative estimate of drug-likeness (QED) is 0.777. The first-order valence-corrected chi connectivity index (χ1v) is 10.4. The molecule has 6 nitrogen and oxygen atoms in total. The van der Waals surface area contributed by atoms with Crippen LogP contribution in [0.3, 0.4) is 0 Å². The second kappa shape index (κ2) is 5.41. The van der Waals surface area contributed by atoms with Crippen LogP contribution >= 0.6 is 27.3 Å². The van der Waals surface area contributed by atoms with Crippen LogP contribution in [-0.4, -0.2) is 34.4 Å². The molecule has 19 heavy (non-hydrogen) atoms. The lowest BCUT2D eigenvalue weighted by molar-refractivity contribution is 0.562. The van der Waals surface area contributed by atoms with Crippen molar-refractivity contribution < 1.29 is 16.8 Å². The molecule has 0 aliphatic carbocycles. The zero-order chi connectivity index (χ0) is 14.3. The maximum atomic E-state index is 12.2. The summed E-state index contributed by atoms with van der Waals surface area (Å²) in [6.07, 6.45) is 0.313. The first-order chi connectivity index (χ1) is 8.73. The monoisotopic (exact) mass is 388 g/mol. The van der Waals surface area contributed by atoms with Gasteiger partial charge in [-0.1, -0.05) is 0 Å². The number of rotatable bonds is 4. The first-order valence-electron chi connectivity index (χ1n) is 5.44. The minimum Gasteiger partial charge on any atom is -0.326 e. The zero-order valence-electron chi connectivity index (χ0n) is 9.80. The van der Waals surface area contributed by atoms with Crippen LogP contribution in [0.15, 0.2) is 14.7 Å². The molecule has 108 valence electrons. The van der Waals surface area contributed by atoms with E-state index in [4.69, 9.17) is 5.73 Å². The van der Waals surface area contributed by atoms with Crippen LogP contribution in [-0.2, 0) is 26.4 Å². The number of halogens is 1. The van der Waals surface area contributed by atoms with Crippen molar-refractivity contribution in [1.82, 2.24) is 4.72 Å². The molecule has 0 spiro atoms. The molecule has 1 aromatic rings. The molecule has 1 atom stereocenters. The predicted octanol–water partition coefficient (Wildman–Crippen LogP) is 0.435. The molecule has 2 heterocycles. The zero-order valence-corrected chi connectivity index (χ0v) is 13.8. The lowest BCUT2D eigenvalue weighted by Crippen LogP contribution is -2.35.